The summed E-state index contributed by atoms with van der Waals surface area (Å²) < 4.78 is 0. The lowest BCUT2D eigenvalue weighted by atomic mass is 10.0. The van der Waals surface area contributed by atoms with E-state index in [4.69, 9.17) is 0 Å². The standard InChI is InChI=1S/C11H22O/c1-4-10(2)8-6-5-7-9-11(3)12/h10H,4-9H2,1-3H3/t10-/m1/s1. The molecule has 0 unspecified atom stereocenters. The van der Waals surface area contributed by atoms with E-state index in [2.05, 4.69) is 13.8 Å². The Kier molecular flexibility index (Phi) is 7.12. The number of hydrogen-bond donors (Lipinski definition) is 0. The van der Waals surface area contributed by atoms with Crippen molar-refractivity contribution in [3.05, 3.63) is 0 Å². The second-order valence-electron chi connectivity index (χ2n) is 3.81. The maximum atomic E-state index is 10.6. The fraction of sp³-hybridized carbons (Fsp3) is 0.909. The van der Waals surface area contributed by atoms with E-state index in [1.807, 2.05) is 0 Å². The number of rotatable bonds is 7. The van der Waals surface area contributed by atoms with E-state index < -0.39 is 0 Å². The Morgan fingerprint density at radius 3 is 2.42 bits per heavy atom. The molecule has 0 N–H and O–H groups in total. The Morgan fingerprint density at radius 1 is 1.25 bits per heavy atom. The van der Waals surface area contributed by atoms with Gasteiger partial charge in [-0.3, -0.25) is 0 Å². The first-order chi connectivity index (χ1) is 5.66. The van der Waals surface area contributed by atoms with Crippen molar-refractivity contribution in [3.63, 3.8) is 0 Å². The first kappa shape index (κ1) is 11.7. The minimum atomic E-state index is 0.332. The van der Waals surface area contributed by atoms with E-state index in [-0.39, 0.29) is 0 Å². The van der Waals surface area contributed by atoms with Gasteiger partial charge in [-0.05, 0) is 19.3 Å². The number of carbonyl (C=O) groups is 1. The van der Waals surface area contributed by atoms with Gasteiger partial charge >= 0.3 is 0 Å². The Morgan fingerprint density at radius 2 is 1.92 bits per heavy atom. The van der Waals surface area contributed by atoms with Gasteiger partial charge in [-0.1, -0.05) is 39.5 Å². The van der Waals surface area contributed by atoms with Crippen LogP contribution in [0.15, 0.2) is 0 Å². The number of unbranched alkanes of at least 4 members (excludes halogenated alkanes) is 2. The van der Waals surface area contributed by atoms with Crippen LogP contribution in [0.5, 0.6) is 0 Å². The van der Waals surface area contributed by atoms with Crippen LogP contribution in [0.1, 0.15) is 59.3 Å². The van der Waals surface area contributed by atoms with Crippen molar-refractivity contribution in [1.29, 1.82) is 0 Å². The molecule has 1 atom stereocenters. The highest BCUT2D eigenvalue weighted by Crippen LogP contribution is 2.12. The van der Waals surface area contributed by atoms with Crippen molar-refractivity contribution in [2.45, 2.75) is 59.3 Å². The zero-order chi connectivity index (χ0) is 9.40. The van der Waals surface area contributed by atoms with E-state index >= 15 is 0 Å². The molecule has 1 heteroatoms. The van der Waals surface area contributed by atoms with Gasteiger partial charge in [0.05, 0.1) is 0 Å². The summed E-state index contributed by atoms with van der Waals surface area (Å²) in [5.41, 5.74) is 0. The molecule has 0 spiro atoms. The summed E-state index contributed by atoms with van der Waals surface area (Å²) in [6.07, 6.45) is 7.00. The quantitative estimate of drug-likeness (QED) is 0.534. The smallest absolute Gasteiger partial charge is 0.129 e. The molecule has 0 amide bonds. The third-order valence-corrected chi connectivity index (χ3v) is 2.42. The van der Waals surface area contributed by atoms with E-state index in [9.17, 15) is 4.79 Å². The van der Waals surface area contributed by atoms with E-state index in [1.54, 1.807) is 6.92 Å². The summed E-state index contributed by atoms with van der Waals surface area (Å²) in [7, 11) is 0. The Bertz CT molecular complexity index is 118. The molecule has 0 aliphatic heterocycles. The molecule has 0 bridgehead atoms. The number of ketones is 1. The summed E-state index contributed by atoms with van der Waals surface area (Å²) in [5.74, 6) is 1.20. The first-order valence-electron chi connectivity index (χ1n) is 5.16. The molecule has 0 aliphatic carbocycles. The average molecular weight is 170 g/mol. The topological polar surface area (TPSA) is 17.1 Å². The lowest BCUT2D eigenvalue weighted by Crippen LogP contribution is -1.93. The maximum Gasteiger partial charge on any atom is 0.129 e. The van der Waals surface area contributed by atoms with Crippen molar-refractivity contribution >= 4 is 5.78 Å². The van der Waals surface area contributed by atoms with Crippen LogP contribution in [-0.2, 0) is 4.79 Å². The second-order valence-corrected chi connectivity index (χ2v) is 3.81. The molecule has 0 radical (unpaired) electrons. The van der Waals surface area contributed by atoms with Crippen LogP contribution in [0.25, 0.3) is 0 Å². The van der Waals surface area contributed by atoms with Gasteiger partial charge < -0.3 is 4.79 Å². The van der Waals surface area contributed by atoms with E-state index in [1.165, 1.54) is 25.7 Å². The van der Waals surface area contributed by atoms with Crippen LogP contribution in [0, 0.1) is 5.92 Å². The van der Waals surface area contributed by atoms with Crippen molar-refractivity contribution < 1.29 is 4.79 Å². The van der Waals surface area contributed by atoms with Crippen LogP contribution in [0.2, 0.25) is 0 Å². The summed E-state index contributed by atoms with van der Waals surface area (Å²) in [5, 5.41) is 0. The van der Waals surface area contributed by atoms with Crippen molar-refractivity contribution in [1.82, 2.24) is 0 Å². The largest absolute Gasteiger partial charge is 0.300 e. The molecule has 0 rings (SSSR count). The van der Waals surface area contributed by atoms with Gasteiger partial charge in [0.25, 0.3) is 0 Å². The van der Waals surface area contributed by atoms with Crippen LogP contribution < -0.4 is 0 Å². The highest BCUT2D eigenvalue weighted by Gasteiger charge is 1.98. The van der Waals surface area contributed by atoms with Crippen LogP contribution in [0.3, 0.4) is 0 Å². The lowest BCUT2D eigenvalue weighted by Gasteiger charge is -2.06. The van der Waals surface area contributed by atoms with Crippen LogP contribution in [-0.4, -0.2) is 5.78 Å². The van der Waals surface area contributed by atoms with Gasteiger partial charge in [0.15, 0.2) is 0 Å². The minimum absolute atomic E-state index is 0.332. The van der Waals surface area contributed by atoms with Crippen molar-refractivity contribution in [2.24, 2.45) is 5.92 Å². The third kappa shape index (κ3) is 7.77. The summed E-state index contributed by atoms with van der Waals surface area (Å²) in [6.45, 7) is 6.21. The molecule has 0 aliphatic rings. The van der Waals surface area contributed by atoms with Crippen LogP contribution >= 0.6 is 0 Å². The SMILES string of the molecule is CC[C@@H](C)CCCCCC(C)=O. The molecule has 12 heavy (non-hydrogen) atoms. The fourth-order valence-electron chi connectivity index (χ4n) is 1.25. The predicted molar refractivity (Wildman–Crippen MR) is 53.2 cm³/mol. The zero-order valence-electron chi connectivity index (χ0n) is 8.73. The predicted octanol–water partition coefficient (Wildman–Crippen LogP) is 3.57. The summed E-state index contributed by atoms with van der Waals surface area (Å²) >= 11 is 0. The second kappa shape index (κ2) is 7.33. The van der Waals surface area contributed by atoms with Gasteiger partial charge in [-0.15, -0.1) is 0 Å². The lowest BCUT2D eigenvalue weighted by molar-refractivity contribution is -0.117. The van der Waals surface area contributed by atoms with E-state index in [0.717, 1.165) is 18.8 Å². The molecule has 0 aromatic heterocycles. The summed E-state index contributed by atoms with van der Waals surface area (Å²) in [6, 6.07) is 0. The Balaban J connectivity index is 3.05. The minimum Gasteiger partial charge on any atom is -0.300 e. The van der Waals surface area contributed by atoms with Crippen molar-refractivity contribution in [3.8, 4) is 0 Å². The molecule has 0 fully saturated rings. The molecule has 72 valence electrons. The zero-order valence-corrected chi connectivity index (χ0v) is 8.73. The molecule has 0 saturated carbocycles. The van der Waals surface area contributed by atoms with Gasteiger partial charge in [0.1, 0.15) is 5.78 Å². The van der Waals surface area contributed by atoms with Gasteiger partial charge in [-0.2, -0.15) is 0 Å². The van der Waals surface area contributed by atoms with Gasteiger partial charge in [0.2, 0.25) is 0 Å². The molecule has 0 aromatic carbocycles. The molecule has 0 aromatic rings. The number of carbonyl (C=O) groups excluding carboxylic acids is 1. The maximum absolute atomic E-state index is 10.6. The normalized spacial score (nSPS) is 12.9. The van der Waals surface area contributed by atoms with Gasteiger partial charge in [0, 0.05) is 6.42 Å². The third-order valence-electron chi connectivity index (χ3n) is 2.42. The average Bonchev–Trinajstić information content (AvgIpc) is 2.03. The number of hydrogen-bond acceptors (Lipinski definition) is 1. The van der Waals surface area contributed by atoms with E-state index in [0.29, 0.717) is 5.78 Å². The Hall–Kier alpha value is -0.330. The molecule has 0 saturated heterocycles. The molecular weight excluding hydrogens is 148 g/mol. The highest BCUT2D eigenvalue weighted by molar-refractivity contribution is 5.75. The molecule has 0 heterocycles. The molecular formula is C11H22O. The summed E-state index contributed by atoms with van der Waals surface area (Å²) in [4.78, 5) is 10.6. The monoisotopic (exact) mass is 170 g/mol. The van der Waals surface area contributed by atoms with Gasteiger partial charge in [-0.25, -0.2) is 0 Å². The van der Waals surface area contributed by atoms with Crippen LogP contribution in [0.4, 0.5) is 0 Å². The fourth-order valence-corrected chi connectivity index (χ4v) is 1.25. The highest BCUT2D eigenvalue weighted by atomic mass is 16.1. The van der Waals surface area contributed by atoms with Crippen molar-refractivity contribution in [2.75, 3.05) is 0 Å². The Labute approximate surface area is 76.6 Å². The molecule has 1 nitrogen and oxygen atoms in total. The first-order valence-corrected chi connectivity index (χ1v) is 5.16. The number of Topliss-reactive ketones (excluding diaryl/α,β-unsaturated/α-hetero) is 1.